The zero-order chi connectivity index (χ0) is 15.4. The van der Waals surface area contributed by atoms with Gasteiger partial charge in [0.2, 0.25) is 5.91 Å². The minimum absolute atomic E-state index is 0.0293. The Morgan fingerprint density at radius 1 is 1.19 bits per heavy atom. The fourth-order valence-corrected chi connectivity index (χ4v) is 2.27. The summed E-state index contributed by atoms with van der Waals surface area (Å²) in [7, 11) is 2.08. The van der Waals surface area contributed by atoms with Crippen LogP contribution in [0.4, 0.5) is 11.4 Å². The number of hydrogen-bond acceptors (Lipinski definition) is 2. The maximum atomic E-state index is 11.4. The molecule has 1 aromatic carbocycles. The van der Waals surface area contributed by atoms with Gasteiger partial charge < -0.3 is 15.2 Å². The summed E-state index contributed by atoms with van der Waals surface area (Å²) < 4.78 is 2.19. The van der Waals surface area contributed by atoms with E-state index in [1.54, 1.807) is 0 Å². The molecule has 2 rings (SSSR count). The average Bonchev–Trinajstić information content (AvgIpc) is 2.72. The molecule has 0 spiro atoms. The van der Waals surface area contributed by atoms with Gasteiger partial charge in [-0.3, -0.25) is 4.79 Å². The van der Waals surface area contributed by atoms with E-state index in [2.05, 4.69) is 42.2 Å². The molecule has 0 unspecified atom stereocenters. The van der Waals surface area contributed by atoms with Crippen LogP contribution in [0, 0.1) is 13.8 Å². The molecule has 0 aliphatic rings. The van der Waals surface area contributed by atoms with Crippen molar-refractivity contribution in [2.24, 2.45) is 7.05 Å². The highest BCUT2D eigenvalue weighted by atomic mass is 16.1. The van der Waals surface area contributed by atoms with Crippen molar-refractivity contribution < 1.29 is 4.79 Å². The van der Waals surface area contributed by atoms with Crippen molar-refractivity contribution in [2.45, 2.75) is 33.7 Å². The van der Waals surface area contributed by atoms with Crippen molar-refractivity contribution in [3.05, 3.63) is 47.3 Å². The van der Waals surface area contributed by atoms with Crippen molar-refractivity contribution in [2.75, 3.05) is 10.6 Å². The number of rotatable bonds is 5. The Bertz CT molecular complexity index is 643. The lowest BCUT2D eigenvalue weighted by Crippen LogP contribution is -2.09. The van der Waals surface area contributed by atoms with E-state index in [1.165, 1.54) is 17.0 Å². The van der Waals surface area contributed by atoms with Crippen molar-refractivity contribution >= 4 is 17.3 Å². The molecule has 1 heterocycles. The van der Waals surface area contributed by atoms with Crippen LogP contribution < -0.4 is 10.6 Å². The first-order valence-corrected chi connectivity index (χ1v) is 7.27. The van der Waals surface area contributed by atoms with Gasteiger partial charge >= 0.3 is 0 Å². The number of aromatic nitrogens is 1. The van der Waals surface area contributed by atoms with Gasteiger partial charge in [0.1, 0.15) is 0 Å². The van der Waals surface area contributed by atoms with Crippen molar-refractivity contribution in [3.8, 4) is 0 Å². The third-order valence-electron chi connectivity index (χ3n) is 3.83. The molecule has 0 aliphatic carbocycles. The first-order chi connectivity index (χ1) is 10.0. The van der Waals surface area contributed by atoms with Crippen LogP contribution in [0.25, 0.3) is 0 Å². The molecule has 0 saturated heterocycles. The van der Waals surface area contributed by atoms with Gasteiger partial charge in [0.25, 0.3) is 0 Å². The quantitative estimate of drug-likeness (QED) is 0.881. The van der Waals surface area contributed by atoms with Gasteiger partial charge in [-0.25, -0.2) is 0 Å². The molecule has 112 valence electrons. The van der Waals surface area contributed by atoms with E-state index in [1.807, 2.05) is 31.2 Å². The molecule has 4 nitrogen and oxygen atoms in total. The van der Waals surface area contributed by atoms with Crippen LogP contribution in [0.3, 0.4) is 0 Å². The number of amides is 1. The molecule has 0 aliphatic heterocycles. The number of hydrogen-bond donors (Lipinski definition) is 2. The van der Waals surface area contributed by atoms with Crippen LogP contribution in [0.5, 0.6) is 0 Å². The number of carbonyl (C=O) groups is 1. The molecule has 0 atom stereocenters. The van der Waals surface area contributed by atoms with Crippen LogP contribution in [0.1, 0.15) is 30.3 Å². The van der Waals surface area contributed by atoms with Crippen molar-refractivity contribution in [1.82, 2.24) is 4.57 Å². The summed E-state index contributed by atoms with van der Waals surface area (Å²) in [5.41, 5.74) is 5.65. The SMILES string of the molecule is CCC(=O)Nc1cccc(NCc2cc(C)n(C)c2C)c1. The molecule has 4 heteroatoms. The predicted molar refractivity (Wildman–Crippen MR) is 87.6 cm³/mol. The van der Waals surface area contributed by atoms with Crippen LogP contribution >= 0.6 is 0 Å². The van der Waals surface area contributed by atoms with E-state index in [-0.39, 0.29) is 5.91 Å². The normalized spacial score (nSPS) is 10.5. The van der Waals surface area contributed by atoms with E-state index in [0.717, 1.165) is 17.9 Å². The maximum absolute atomic E-state index is 11.4. The predicted octanol–water partition coefficient (Wildman–Crippen LogP) is 3.60. The Hall–Kier alpha value is -2.23. The molecule has 0 radical (unpaired) electrons. The zero-order valence-electron chi connectivity index (χ0n) is 13.2. The van der Waals surface area contributed by atoms with Crippen LogP contribution in [-0.4, -0.2) is 10.5 Å². The summed E-state index contributed by atoms with van der Waals surface area (Å²) >= 11 is 0. The molecule has 2 N–H and O–H groups in total. The molecule has 0 bridgehead atoms. The third-order valence-corrected chi connectivity index (χ3v) is 3.83. The van der Waals surface area contributed by atoms with Gasteiger partial charge in [0.05, 0.1) is 0 Å². The topological polar surface area (TPSA) is 46.1 Å². The van der Waals surface area contributed by atoms with E-state index in [9.17, 15) is 4.79 Å². The summed E-state index contributed by atoms with van der Waals surface area (Å²) in [6, 6.07) is 10.0. The second-order valence-corrected chi connectivity index (χ2v) is 5.29. The van der Waals surface area contributed by atoms with Gasteiger partial charge in [-0.2, -0.15) is 0 Å². The Kier molecular flexibility index (Phi) is 4.68. The lowest BCUT2D eigenvalue weighted by molar-refractivity contribution is -0.115. The summed E-state index contributed by atoms with van der Waals surface area (Å²) in [6.07, 6.45) is 0.486. The summed E-state index contributed by atoms with van der Waals surface area (Å²) in [5.74, 6) is 0.0293. The Morgan fingerprint density at radius 2 is 1.90 bits per heavy atom. The number of nitrogens with zero attached hydrogens (tertiary/aromatic N) is 1. The average molecular weight is 285 g/mol. The van der Waals surface area contributed by atoms with E-state index < -0.39 is 0 Å². The summed E-state index contributed by atoms with van der Waals surface area (Å²) in [5, 5.41) is 6.28. The van der Waals surface area contributed by atoms with E-state index in [4.69, 9.17) is 0 Å². The Balaban J connectivity index is 2.04. The lowest BCUT2D eigenvalue weighted by atomic mass is 10.2. The standard InChI is InChI=1S/C17H23N3O/c1-5-17(21)19-16-8-6-7-15(10-16)18-11-14-9-12(2)20(4)13(14)3/h6-10,18H,5,11H2,1-4H3,(H,19,21). The second kappa shape index (κ2) is 6.48. The fraction of sp³-hybridized carbons (Fsp3) is 0.353. The Morgan fingerprint density at radius 3 is 2.52 bits per heavy atom. The minimum Gasteiger partial charge on any atom is -0.381 e. The van der Waals surface area contributed by atoms with Gasteiger partial charge in [-0.05, 0) is 43.7 Å². The number of aryl methyl sites for hydroxylation is 1. The van der Waals surface area contributed by atoms with Gasteiger partial charge in [0.15, 0.2) is 0 Å². The molecular formula is C17H23N3O. The third kappa shape index (κ3) is 3.66. The van der Waals surface area contributed by atoms with Crippen LogP contribution in [0.15, 0.2) is 30.3 Å². The first-order valence-electron chi connectivity index (χ1n) is 7.27. The second-order valence-electron chi connectivity index (χ2n) is 5.29. The minimum atomic E-state index is 0.0293. The molecule has 2 aromatic rings. The monoisotopic (exact) mass is 285 g/mol. The number of benzene rings is 1. The van der Waals surface area contributed by atoms with Crippen molar-refractivity contribution in [3.63, 3.8) is 0 Å². The molecule has 0 fully saturated rings. The van der Waals surface area contributed by atoms with Crippen LogP contribution in [0.2, 0.25) is 0 Å². The van der Waals surface area contributed by atoms with Crippen LogP contribution in [-0.2, 0) is 18.4 Å². The molecule has 1 amide bonds. The molecule has 21 heavy (non-hydrogen) atoms. The smallest absolute Gasteiger partial charge is 0.224 e. The zero-order valence-corrected chi connectivity index (χ0v) is 13.2. The highest BCUT2D eigenvalue weighted by Crippen LogP contribution is 2.18. The highest BCUT2D eigenvalue weighted by Gasteiger charge is 2.06. The maximum Gasteiger partial charge on any atom is 0.224 e. The van der Waals surface area contributed by atoms with Gasteiger partial charge in [-0.15, -0.1) is 0 Å². The highest BCUT2D eigenvalue weighted by molar-refractivity contribution is 5.90. The summed E-state index contributed by atoms with van der Waals surface area (Å²) in [6.45, 7) is 6.86. The van der Waals surface area contributed by atoms with Gasteiger partial charge in [0, 0.05) is 42.8 Å². The fourth-order valence-electron chi connectivity index (χ4n) is 2.27. The molecule has 1 aromatic heterocycles. The summed E-state index contributed by atoms with van der Waals surface area (Å²) in [4.78, 5) is 11.4. The van der Waals surface area contributed by atoms with E-state index in [0.29, 0.717) is 6.42 Å². The molecular weight excluding hydrogens is 262 g/mol. The Labute approximate surface area is 126 Å². The van der Waals surface area contributed by atoms with Crippen molar-refractivity contribution in [1.29, 1.82) is 0 Å². The number of carbonyl (C=O) groups excluding carboxylic acids is 1. The largest absolute Gasteiger partial charge is 0.381 e. The van der Waals surface area contributed by atoms with E-state index >= 15 is 0 Å². The number of anilines is 2. The lowest BCUT2D eigenvalue weighted by Gasteiger charge is -2.09. The first kappa shape index (κ1) is 15.2. The van der Waals surface area contributed by atoms with Gasteiger partial charge in [-0.1, -0.05) is 13.0 Å². The molecule has 0 saturated carbocycles. The number of nitrogens with one attached hydrogen (secondary N) is 2.